The Morgan fingerprint density at radius 1 is 1.03 bits per heavy atom. The number of likely N-dealkylation sites (N-methyl/N-ethyl adjacent to an activating group) is 1. The zero-order chi connectivity index (χ0) is 20.9. The lowest BCUT2D eigenvalue weighted by Gasteiger charge is -2.27. The zero-order valence-corrected chi connectivity index (χ0v) is 18.0. The van der Waals surface area contributed by atoms with Crippen molar-refractivity contribution in [1.29, 1.82) is 0 Å². The van der Waals surface area contributed by atoms with Gasteiger partial charge in [-0.05, 0) is 43.8 Å². The van der Waals surface area contributed by atoms with Gasteiger partial charge in [0.05, 0.1) is 35.6 Å². The highest BCUT2D eigenvalue weighted by atomic mass is 32.1. The number of benzene rings is 2. The molecule has 1 unspecified atom stereocenters. The van der Waals surface area contributed by atoms with E-state index in [4.69, 9.17) is 9.40 Å². The van der Waals surface area contributed by atoms with Gasteiger partial charge < -0.3 is 9.32 Å². The third kappa shape index (κ3) is 4.78. The number of hydrogen-bond donors (Lipinski definition) is 0. The minimum absolute atomic E-state index is 0.0496. The number of thiazole rings is 1. The van der Waals surface area contributed by atoms with Crippen LogP contribution in [0.3, 0.4) is 0 Å². The van der Waals surface area contributed by atoms with Crippen molar-refractivity contribution in [2.45, 2.75) is 26.1 Å². The van der Waals surface area contributed by atoms with Crippen molar-refractivity contribution in [3.63, 3.8) is 0 Å². The first kappa shape index (κ1) is 20.3. The van der Waals surface area contributed by atoms with Crippen LogP contribution in [-0.2, 0) is 17.9 Å². The van der Waals surface area contributed by atoms with Gasteiger partial charge in [0.15, 0.2) is 0 Å². The van der Waals surface area contributed by atoms with Gasteiger partial charge in [-0.15, -0.1) is 11.3 Å². The van der Waals surface area contributed by atoms with Crippen LogP contribution in [0, 0.1) is 0 Å². The fourth-order valence-electron chi connectivity index (χ4n) is 3.33. The normalized spacial score (nSPS) is 12.4. The van der Waals surface area contributed by atoms with Crippen LogP contribution < -0.4 is 0 Å². The Balaban J connectivity index is 1.47. The smallest absolute Gasteiger partial charge is 0.237 e. The molecule has 154 valence electrons. The van der Waals surface area contributed by atoms with Gasteiger partial charge in [-0.2, -0.15) is 0 Å². The summed E-state index contributed by atoms with van der Waals surface area (Å²) in [6.45, 7) is 3.40. The van der Waals surface area contributed by atoms with Gasteiger partial charge in [0.1, 0.15) is 10.8 Å². The number of amides is 1. The number of carbonyl (C=O) groups is 1. The number of carbonyl (C=O) groups excluding carboxylic acids is 1. The molecule has 1 amide bonds. The van der Waals surface area contributed by atoms with Crippen LogP contribution in [0.4, 0.5) is 0 Å². The van der Waals surface area contributed by atoms with Crippen LogP contribution in [0.5, 0.6) is 0 Å². The summed E-state index contributed by atoms with van der Waals surface area (Å²) in [6.07, 6.45) is 1.64. The largest absolute Gasteiger partial charge is 0.467 e. The van der Waals surface area contributed by atoms with Gasteiger partial charge in [0.25, 0.3) is 0 Å². The quantitative estimate of drug-likeness (QED) is 0.398. The monoisotopic (exact) mass is 419 g/mol. The molecule has 4 rings (SSSR count). The molecule has 6 heteroatoms. The molecule has 0 fully saturated rings. The number of rotatable bonds is 8. The predicted octanol–water partition coefficient (Wildman–Crippen LogP) is 5.11. The van der Waals surface area contributed by atoms with Crippen molar-refractivity contribution in [3.8, 4) is 0 Å². The maximum Gasteiger partial charge on any atom is 0.237 e. The Bertz CT molecular complexity index is 1060. The van der Waals surface area contributed by atoms with E-state index >= 15 is 0 Å². The molecule has 0 saturated carbocycles. The first-order chi connectivity index (χ1) is 14.6. The Morgan fingerprint density at radius 2 is 1.80 bits per heavy atom. The molecule has 0 aliphatic heterocycles. The van der Waals surface area contributed by atoms with E-state index in [-0.39, 0.29) is 11.9 Å². The van der Waals surface area contributed by atoms with Crippen molar-refractivity contribution in [1.82, 2.24) is 14.8 Å². The molecule has 0 radical (unpaired) electrons. The average Bonchev–Trinajstić information content (AvgIpc) is 3.43. The molecule has 0 aliphatic carbocycles. The van der Waals surface area contributed by atoms with E-state index in [9.17, 15) is 4.79 Å². The number of fused-ring (bicyclic) bond motifs is 1. The van der Waals surface area contributed by atoms with Crippen LogP contribution >= 0.6 is 11.3 Å². The first-order valence-electron chi connectivity index (χ1n) is 10.00. The summed E-state index contributed by atoms with van der Waals surface area (Å²) in [4.78, 5) is 21.9. The van der Waals surface area contributed by atoms with E-state index in [2.05, 4.69) is 17.9 Å². The fourth-order valence-corrected chi connectivity index (χ4v) is 4.42. The molecule has 0 N–H and O–H groups in total. The third-order valence-electron chi connectivity index (χ3n) is 5.21. The molecule has 2 aromatic heterocycles. The summed E-state index contributed by atoms with van der Waals surface area (Å²) < 4.78 is 6.66. The Morgan fingerprint density at radius 3 is 2.53 bits per heavy atom. The maximum atomic E-state index is 13.2. The second-order valence-corrected chi connectivity index (χ2v) is 8.49. The summed E-state index contributed by atoms with van der Waals surface area (Å²) >= 11 is 1.68. The van der Waals surface area contributed by atoms with Crippen LogP contribution in [-0.4, -0.2) is 34.3 Å². The topological polar surface area (TPSA) is 49.6 Å². The predicted molar refractivity (Wildman–Crippen MR) is 120 cm³/mol. The van der Waals surface area contributed by atoms with E-state index in [0.29, 0.717) is 19.6 Å². The molecule has 5 nitrogen and oxygen atoms in total. The fraction of sp³-hybridized carbons (Fsp3) is 0.250. The van der Waals surface area contributed by atoms with Crippen molar-refractivity contribution < 1.29 is 9.21 Å². The molecular formula is C24H25N3O2S. The van der Waals surface area contributed by atoms with E-state index in [1.165, 1.54) is 4.70 Å². The van der Waals surface area contributed by atoms with Crippen LogP contribution in [0.2, 0.25) is 0 Å². The Labute approximate surface area is 180 Å². The van der Waals surface area contributed by atoms with E-state index in [0.717, 1.165) is 21.8 Å². The number of hydrogen-bond acceptors (Lipinski definition) is 5. The summed E-state index contributed by atoms with van der Waals surface area (Å²) in [5, 5.41) is 1.02. The SMILES string of the molecule is CC(c1nc2ccccc2s1)N(C)CC(=O)N(Cc1ccccc1)Cc1ccco1. The van der Waals surface area contributed by atoms with Gasteiger partial charge in [0, 0.05) is 6.54 Å². The van der Waals surface area contributed by atoms with Crippen molar-refractivity contribution in [2.75, 3.05) is 13.6 Å². The van der Waals surface area contributed by atoms with E-state index in [1.807, 2.05) is 72.6 Å². The van der Waals surface area contributed by atoms with Crippen molar-refractivity contribution in [2.24, 2.45) is 0 Å². The van der Waals surface area contributed by atoms with Gasteiger partial charge in [0.2, 0.25) is 5.91 Å². The molecule has 0 bridgehead atoms. The Hall–Kier alpha value is -2.96. The summed E-state index contributed by atoms with van der Waals surface area (Å²) in [6, 6.07) is 22.0. The lowest BCUT2D eigenvalue weighted by atomic mass is 10.2. The molecule has 0 aliphatic rings. The molecule has 1 atom stereocenters. The lowest BCUT2D eigenvalue weighted by molar-refractivity contribution is -0.134. The molecule has 2 heterocycles. The first-order valence-corrected chi connectivity index (χ1v) is 10.8. The third-order valence-corrected chi connectivity index (χ3v) is 6.42. The summed E-state index contributed by atoms with van der Waals surface area (Å²) in [5.41, 5.74) is 2.10. The molecule has 2 aromatic carbocycles. The Kier molecular flexibility index (Phi) is 6.26. The van der Waals surface area contributed by atoms with Crippen LogP contribution in [0.1, 0.15) is 29.3 Å². The molecular weight excluding hydrogens is 394 g/mol. The van der Waals surface area contributed by atoms with Gasteiger partial charge >= 0.3 is 0 Å². The number of furan rings is 1. The second-order valence-electron chi connectivity index (χ2n) is 7.43. The van der Waals surface area contributed by atoms with E-state index in [1.54, 1.807) is 17.6 Å². The standard InChI is InChI=1S/C24H25N3O2S/c1-18(24-25-21-12-6-7-13-22(21)30-24)26(2)17-23(28)27(16-20-11-8-14-29-20)15-19-9-4-3-5-10-19/h3-14,18H,15-17H2,1-2H3. The summed E-state index contributed by atoms with van der Waals surface area (Å²) in [7, 11) is 1.97. The second kappa shape index (κ2) is 9.24. The van der Waals surface area contributed by atoms with Gasteiger partial charge in [-0.25, -0.2) is 4.98 Å². The highest BCUT2D eigenvalue weighted by Crippen LogP contribution is 2.28. The lowest BCUT2D eigenvalue weighted by Crippen LogP contribution is -2.39. The number of aromatic nitrogens is 1. The minimum Gasteiger partial charge on any atom is -0.467 e. The van der Waals surface area contributed by atoms with Crippen LogP contribution in [0.25, 0.3) is 10.2 Å². The highest BCUT2D eigenvalue weighted by Gasteiger charge is 2.22. The van der Waals surface area contributed by atoms with Gasteiger partial charge in [-0.3, -0.25) is 9.69 Å². The van der Waals surface area contributed by atoms with Crippen molar-refractivity contribution in [3.05, 3.63) is 89.3 Å². The average molecular weight is 420 g/mol. The maximum absolute atomic E-state index is 13.2. The van der Waals surface area contributed by atoms with E-state index < -0.39 is 0 Å². The highest BCUT2D eigenvalue weighted by molar-refractivity contribution is 7.18. The summed E-state index contributed by atoms with van der Waals surface area (Å²) in [5.74, 6) is 0.840. The number of nitrogens with zero attached hydrogens (tertiary/aromatic N) is 3. The minimum atomic E-state index is 0.0496. The number of para-hydroxylation sites is 1. The molecule has 0 saturated heterocycles. The van der Waals surface area contributed by atoms with Crippen LogP contribution in [0.15, 0.2) is 77.4 Å². The molecule has 30 heavy (non-hydrogen) atoms. The van der Waals surface area contributed by atoms with Crippen molar-refractivity contribution >= 4 is 27.5 Å². The molecule has 4 aromatic rings. The zero-order valence-electron chi connectivity index (χ0n) is 17.2. The van der Waals surface area contributed by atoms with Gasteiger partial charge in [-0.1, -0.05) is 42.5 Å². The molecule has 0 spiro atoms.